The summed E-state index contributed by atoms with van der Waals surface area (Å²) in [6.07, 6.45) is 1.45. The lowest BCUT2D eigenvalue weighted by Crippen LogP contribution is -2.16. The first-order valence-corrected chi connectivity index (χ1v) is 10.2. The van der Waals surface area contributed by atoms with Gasteiger partial charge in [-0.15, -0.1) is 0 Å². The second kappa shape index (κ2) is 8.70. The van der Waals surface area contributed by atoms with E-state index in [-0.39, 0.29) is 10.8 Å². The lowest BCUT2D eigenvalue weighted by atomic mass is 10.1. The van der Waals surface area contributed by atoms with E-state index >= 15 is 0 Å². The van der Waals surface area contributed by atoms with Crippen LogP contribution in [0.1, 0.15) is 26.4 Å². The molecule has 0 fully saturated rings. The fraction of sp³-hybridized carbons (Fsp3) is 0.100. The first kappa shape index (κ1) is 20.9. The summed E-state index contributed by atoms with van der Waals surface area (Å²) < 4.78 is 31.8. The molecule has 2 N–H and O–H groups in total. The van der Waals surface area contributed by atoms with Crippen LogP contribution in [0.15, 0.2) is 65.7 Å². The third-order valence-electron chi connectivity index (χ3n) is 4.01. The summed E-state index contributed by atoms with van der Waals surface area (Å²) in [6, 6.07) is 13.2. The number of hydrogen-bond donors (Lipinski definition) is 2. The van der Waals surface area contributed by atoms with Gasteiger partial charge in [0.2, 0.25) is 5.95 Å². The molecule has 1 heterocycles. The molecule has 30 heavy (non-hydrogen) atoms. The number of hydrogen-bond acceptors (Lipinski definition) is 7. The average Bonchev–Trinajstić information content (AvgIpc) is 2.73. The fourth-order valence-electron chi connectivity index (χ4n) is 2.47. The van der Waals surface area contributed by atoms with Crippen molar-refractivity contribution >= 4 is 33.5 Å². The molecule has 10 heteroatoms. The number of anilines is 2. The Morgan fingerprint density at radius 1 is 0.933 bits per heavy atom. The minimum Gasteiger partial charge on any atom is -0.465 e. The Kier molecular flexibility index (Phi) is 6.07. The van der Waals surface area contributed by atoms with Gasteiger partial charge >= 0.3 is 5.97 Å². The Balaban J connectivity index is 1.69. The first-order valence-electron chi connectivity index (χ1n) is 8.71. The highest BCUT2D eigenvalue weighted by molar-refractivity contribution is 7.92. The van der Waals surface area contributed by atoms with E-state index in [0.717, 1.165) is 0 Å². The van der Waals surface area contributed by atoms with Gasteiger partial charge in [0, 0.05) is 23.1 Å². The van der Waals surface area contributed by atoms with Crippen molar-refractivity contribution in [1.82, 2.24) is 9.97 Å². The maximum absolute atomic E-state index is 12.5. The van der Waals surface area contributed by atoms with Gasteiger partial charge < -0.3 is 10.1 Å². The molecule has 0 aliphatic rings. The highest BCUT2D eigenvalue weighted by Gasteiger charge is 2.16. The molecular formula is C20H18N4O5S. The van der Waals surface area contributed by atoms with Crippen LogP contribution in [-0.4, -0.2) is 37.4 Å². The highest BCUT2D eigenvalue weighted by Crippen LogP contribution is 2.17. The second-order valence-electron chi connectivity index (χ2n) is 6.17. The van der Waals surface area contributed by atoms with Crippen molar-refractivity contribution in [2.45, 2.75) is 11.8 Å². The molecule has 0 unspecified atom stereocenters. The standard InChI is InChI=1S/C20H18N4O5S/c1-13-11-12-21-20(22-13)24-30(27,28)17-9-7-16(8-10-17)23-18(25)14-3-5-15(6-4-14)19(26)29-2/h3-12H,1-2H3,(H,23,25)(H,21,22,24). The molecule has 0 radical (unpaired) electrons. The lowest BCUT2D eigenvalue weighted by molar-refractivity contribution is 0.0600. The number of carbonyl (C=O) groups is 2. The average molecular weight is 426 g/mol. The van der Waals surface area contributed by atoms with Gasteiger partial charge in [-0.3, -0.25) is 4.79 Å². The largest absolute Gasteiger partial charge is 0.465 e. The van der Waals surface area contributed by atoms with Crippen molar-refractivity contribution in [2.24, 2.45) is 0 Å². The van der Waals surface area contributed by atoms with Crippen LogP contribution in [0.4, 0.5) is 11.6 Å². The molecule has 1 amide bonds. The molecule has 1 aromatic heterocycles. The Bertz CT molecular complexity index is 1180. The molecule has 0 atom stereocenters. The normalized spacial score (nSPS) is 10.9. The Labute approximate surface area is 173 Å². The van der Waals surface area contributed by atoms with Gasteiger partial charge in [0.15, 0.2) is 0 Å². The molecule has 2 aromatic carbocycles. The van der Waals surface area contributed by atoms with Crippen LogP contribution in [0.25, 0.3) is 0 Å². The summed E-state index contributed by atoms with van der Waals surface area (Å²) in [5.74, 6) is -0.931. The van der Waals surface area contributed by atoms with Crippen molar-refractivity contribution in [3.63, 3.8) is 0 Å². The summed E-state index contributed by atoms with van der Waals surface area (Å²) in [7, 11) is -2.60. The lowest BCUT2D eigenvalue weighted by Gasteiger charge is -2.09. The third-order valence-corrected chi connectivity index (χ3v) is 5.36. The van der Waals surface area contributed by atoms with Gasteiger partial charge in [0.25, 0.3) is 15.9 Å². The Morgan fingerprint density at radius 3 is 2.17 bits per heavy atom. The Morgan fingerprint density at radius 2 is 1.57 bits per heavy atom. The van der Waals surface area contributed by atoms with Crippen LogP contribution in [0.3, 0.4) is 0 Å². The summed E-state index contributed by atoms with van der Waals surface area (Å²) in [4.78, 5) is 31.7. The molecule has 3 rings (SSSR count). The molecule has 3 aromatic rings. The number of sulfonamides is 1. The molecule has 0 spiro atoms. The molecule has 154 valence electrons. The Hall–Kier alpha value is -3.79. The fourth-order valence-corrected chi connectivity index (χ4v) is 3.42. The van der Waals surface area contributed by atoms with E-state index in [9.17, 15) is 18.0 Å². The molecule has 0 saturated carbocycles. The van der Waals surface area contributed by atoms with E-state index in [0.29, 0.717) is 22.5 Å². The van der Waals surface area contributed by atoms with Crippen molar-refractivity contribution in [3.8, 4) is 0 Å². The van der Waals surface area contributed by atoms with E-state index in [1.165, 1.54) is 61.8 Å². The van der Waals surface area contributed by atoms with Gasteiger partial charge in [-0.05, 0) is 61.5 Å². The quantitative estimate of drug-likeness (QED) is 0.580. The molecule has 9 nitrogen and oxygen atoms in total. The maximum atomic E-state index is 12.5. The second-order valence-corrected chi connectivity index (χ2v) is 7.86. The zero-order valence-corrected chi connectivity index (χ0v) is 16.9. The van der Waals surface area contributed by atoms with Crippen LogP contribution in [0.2, 0.25) is 0 Å². The van der Waals surface area contributed by atoms with Crippen LogP contribution in [-0.2, 0) is 14.8 Å². The smallest absolute Gasteiger partial charge is 0.337 e. The van der Waals surface area contributed by atoms with E-state index < -0.39 is 21.9 Å². The van der Waals surface area contributed by atoms with Gasteiger partial charge in [-0.2, -0.15) is 0 Å². The third kappa shape index (κ3) is 4.97. The molecule has 0 saturated heterocycles. The number of aromatic nitrogens is 2. The molecule has 0 aliphatic carbocycles. The summed E-state index contributed by atoms with van der Waals surface area (Å²) >= 11 is 0. The number of methoxy groups -OCH3 is 1. The van der Waals surface area contributed by atoms with Crippen molar-refractivity contribution < 1.29 is 22.7 Å². The van der Waals surface area contributed by atoms with Gasteiger partial charge in [0.1, 0.15) is 0 Å². The molecule has 0 aliphatic heterocycles. The minimum absolute atomic E-state index is 0.00645. The number of nitrogens with one attached hydrogen (secondary N) is 2. The summed E-state index contributed by atoms with van der Waals surface area (Å²) in [5, 5.41) is 2.66. The predicted octanol–water partition coefficient (Wildman–Crippen LogP) is 2.62. The van der Waals surface area contributed by atoms with Crippen molar-refractivity contribution in [1.29, 1.82) is 0 Å². The number of esters is 1. The predicted molar refractivity (Wildman–Crippen MR) is 110 cm³/mol. The molecular weight excluding hydrogens is 408 g/mol. The SMILES string of the molecule is COC(=O)c1ccc(C(=O)Nc2ccc(S(=O)(=O)Nc3nccc(C)n3)cc2)cc1. The van der Waals surface area contributed by atoms with E-state index in [2.05, 4.69) is 24.7 Å². The van der Waals surface area contributed by atoms with Gasteiger partial charge in [-0.25, -0.2) is 27.9 Å². The maximum Gasteiger partial charge on any atom is 0.337 e. The van der Waals surface area contributed by atoms with Crippen LogP contribution in [0.5, 0.6) is 0 Å². The number of ether oxygens (including phenoxy) is 1. The topological polar surface area (TPSA) is 127 Å². The number of aryl methyl sites for hydroxylation is 1. The summed E-state index contributed by atoms with van der Waals surface area (Å²) in [5.41, 5.74) is 1.69. The van der Waals surface area contributed by atoms with Crippen molar-refractivity contribution in [3.05, 3.63) is 77.6 Å². The van der Waals surface area contributed by atoms with Gasteiger partial charge in [0.05, 0.1) is 17.6 Å². The zero-order valence-electron chi connectivity index (χ0n) is 16.1. The van der Waals surface area contributed by atoms with Crippen LogP contribution >= 0.6 is 0 Å². The van der Waals surface area contributed by atoms with E-state index in [1.807, 2.05) is 0 Å². The van der Waals surface area contributed by atoms with Crippen LogP contribution in [0, 0.1) is 6.92 Å². The number of nitrogens with zero attached hydrogens (tertiary/aromatic N) is 2. The van der Waals surface area contributed by atoms with Crippen molar-refractivity contribution in [2.75, 3.05) is 17.1 Å². The number of benzene rings is 2. The van der Waals surface area contributed by atoms with E-state index in [1.54, 1.807) is 13.0 Å². The highest BCUT2D eigenvalue weighted by atomic mass is 32.2. The first-order chi connectivity index (χ1) is 14.3. The van der Waals surface area contributed by atoms with Gasteiger partial charge in [-0.1, -0.05) is 0 Å². The number of rotatable bonds is 6. The monoisotopic (exact) mass is 426 g/mol. The zero-order chi connectivity index (χ0) is 21.7. The number of amides is 1. The summed E-state index contributed by atoms with van der Waals surface area (Å²) in [6.45, 7) is 1.72. The minimum atomic E-state index is -3.87. The van der Waals surface area contributed by atoms with E-state index in [4.69, 9.17) is 0 Å². The molecule has 0 bridgehead atoms. The number of carbonyl (C=O) groups excluding carboxylic acids is 2. The van der Waals surface area contributed by atoms with Crippen LogP contribution < -0.4 is 10.0 Å².